The summed E-state index contributed by atoms with van der Waals surface area (Å²) in [5, 5.41) is 3.12. The Labute approximate surface area is 121 Å². The van der Waals surface area contributed by atoms with E-state index >= 15 is 0 Å². The lowest BCUT2D eigenvalue weighted by atomic mass is 9.81. The van der Waals surface area contributed by atoms with Crippen LogP contribution in [0.5, 0.6) is 0 Å². The van der Waals surface area contributed by atoms with E-state index in [1.807, 2.05) is 11.8 Å². The molecule has 0 radical (unpaired) electrons. The highest BCUT2D eigenvalue weighted by molar-refractivity contribution is 6.02. The molecule has 0 bridgehead atoms. The Morgan fingerprint density at radius 3 is 2.40 bits per heavy atom. The van der Waals surface area contributed by atoms with Crippen molar-refractivity contribution in [3.05, 3.63) is 0 Å². The zero-order chi connectivity index (χ0) is 14.5. The maximum Gasteiger partial charge on any atom is 0.249 e. The molecule has 4 heteroatoms. The predicted molar refractivity (Wildman–Crippen MR) is 77.1 cm³/mol. The van der Waals surface area contributed by atoms with Crippen molar-refractivity contribution >= 4 is 11.8 Å². The van der Waals surface area contributed by atoms with Gasteiger partial charge in [-0.3, -0.25) is 9.59 Å². The lowest BCUT2D eigenvalue weighted by Gasteiger charge is -2.53. The number of nitrogens with zero attached hydrogens (tertiary/aromatic N) is 1. The zero-order valence-electron chi connectivity index (χ0n) is 12.9. The fraction of sp³-hybridized carbons (Fsp3) is 0.875. The molecule has 3 aliphatic rings. The highest BCUT2D eigenvalue weighted by atomic mass is 16.2. The second-order valence-corrected chi connectivity index (χ2v) is 7.10. The molecule has 1 saturated heterocycles. The fourth-order valence-corrected chi connectivity index (χ4v) is 4.13. The standard InChI is InChI=1S/C16H26N2O2/c1-4-11(2)18-14(20)15(3,12-7-8-12)17-13(19)16(18)9-5-6-10-16/h11-12H,4-10H2,1-3H3,(H,17,19). The number of rotatable bonds is 3. The molecule has 0 aromatic heterocycles. The Bertz CT molecular complexity index is 438. The topological polar surface area (TPSA) is 49.4 Å². The number of carbonyl (C=O) groups is 2. The number of piperazine rings is 1. The molecule has 20 heavy (non-hydrogen) atoms. The SMILES string of the molecule is CCC(C)N1C(=O)C(C)(C2CC2)NC(=O)C12CCCC2. The maximum absolute atomic E-state index is 13.1. The minimum atomic E-state index is -0.658. The third-order valence-electron chi connectivity index (χ3n) is 5.78. The van der Waals surface area contributed by atoms with Gasteiger partial charge in [0.25, 0.3) is 0 Å². The van der Waals surface area contributed by atoms with Crippen LogP contribution in [0.25, 0.3) is 0 Å². The number of amides is 2. The highest BCUT2D eigenvalue weighted by Gasteiger charge is 2.62. The number of nitrogens with one attached hydrogen (secondary N) is 1. The van der Waals surface area contributed by atoms with Crippen LogP contribution in [0, 0.1) is 5.92 Å². The van der Waals surface area contributed by atoms with E-state index in [9.17, 15) is 9.59 Å². The van der Waals surface area contributed by atoms with Crippen LogP contribution < -0.4 is 5.32 Å². The lowest BCUT2D eigenvalue weighted by Crippen LogP contribution is -2.76. The van der Waals surface area contributed by atoms with Crippen molar-refractivity contribution in [3.63, 3.8) is 0 Å². The van der Waals surface area contributed by atoms with Crippen LogP contribution in [0.15, 0.2) is 0 Å². The predicted octanol–water partition coefficient (Wildman–Crippen LogP) is 2.22. The molecule has 0 aromatic rings. The molecule has 2 unspecified atom stereocenters. The van der Waals surface area contributed by atoms with E-state index in [-0.39, 0.29) is 17.9 Å². The summed E-state index contributed by atoms with van der Waals surface area (Å²) in [5.74, 6) is 0.601. The fourth-order valence-electron chi connectivity index (χ4n) is 4.13. The van der Waals surface area contributed by atoms with Crippen LogP contribution in [-0.2, 0) is 9.59 Å². The van der Waals surface area contributed by atoms with Crippen LogP contribution in [0.1, 0.15) is 65.7 Å². The first-order valence-corrected chi connectivity index (χ1v) is 8.12. The van der Waals surface area contributed by atoms with Crippen LogP contribution >= 0.6 is 0 Å². The highest BCUT2D eigenvalue weighted by Crippen LogP contribution is 2.47. The number of carbonyl (C=O) groups excluding carboxylic acids is 2. The van der Waals surface area contributed by atoms with Crippen molar-refractivity contribution in [2.24, 2.45) is 5.92 Å². The van der Waals surface area contributed by atoms with Gasteiger partial charge in [-0.2, -0.15) is 0 Å². The molecule has 3 fully saturated rings. The third kappa shape index (κ3) is 1.73. The van der Waals surface area contributed by atoms with Gasteiger partial charge in [0.2, 0.25) is 11.8 Å². The van der Waals surface area contributed by atoms with Gasteiger partial charge in [0.1, 0.15) is 11.1 Å². The van der Waals surface area contributed by atoms with Crippen molar-refractivity contribution in [1.82, 2.24) is 10.2 Å². The summed E-state index contributed by atoms with van der Waals surface area (Å²) in [6.45, 7) is 6.12. The average molecular weight is 278 g/mol. The molecule has 2 atom stereocenters. The molecule has 1 N–H and O–H groups in total. The molecule has 2 amide bonds. The van der Waals surface area contributed by atoms with Crippen LogP contribution in [0.4, 0.5) is 0 Å². The number of hydrogen-bond acceptors (Lipinski definition) is 2. The van der Waals surface area contributed by atoms with Gasteiger partial charge in [-0.1, -0.05) is 19.8 Å². The van der Waals surface area contributed by atoms with Gasteiger partial charge in [0, 0.05) is 6.04 Å². The molecule has 0 aromatic carbocycles. The van der Waals surface area contributed by atoms with Gasteiger partial charge in [-0.25, -0.2) is 0 Å². The molecule has 2 aliphatic carbocycles. The molecule has 1 spiro atoms. The van der Waals surface area contributed by atoms with E-state index in [1.54, 1.807) is 0 Å². The summed E-state index contributed by atoms with van der Waals surface area (Å²) in [7, 11) is 0. The van der Waals surface area contributed by atoms with Gasteiger partial charge in [0.15, 0.2) is 0 Å². The van der Waals surface area contributed by atoms with E-state index in [2.05, 4.69) is 19.2 Å². The first-order valence-electron chi connectivity index (χ1n) is 8.12. The van der Waals surface area contributed by atoms with Gasteiger partial charge in [-0.15, -0.1) is 0 Å². The smallest absolute Gasteiger partial charge is 0.249 e. The van der Waals surface area contributed by atoms with E-state index < -0.39 is 11.1 Å². The molecule has 4 nitrogen and oxygen atoms in total. The summed E-state index contributed by atoms with van der Waals surface area (Å²) in [6.07, 6.45) is 6.78. The third-order valence-corrected chi connectivity index (χ3v) is 5.78. The first kappa shape index (κ1) is 13.9. The largest absolute Gasteiger partial charge is 0.340 e. The number of hydrogen-bond donors (Lipinski definition) is 1. The summed E-state index contributed by atoms with van der Waals surface area (Å²) in [6, 6.07) is 0.143. The molecular formula is C16H26N2O2. The average Bonchev–Trinajstić information content (AvgIpc) is 3.17. The quantitative estimate of drug-likeness (QED) is 0.860. The van der Waals surface area contributed by atoms with Crippen LogP contribution in [-0.4, -0.2) is 33.8 Å². The first-order chi connectivity index (χ1) is 9.45. The Morgan fingerprint density at radius 2 is 1.90 bits per heavy atom. The molecule has 2 saturated carbocycles. The van der Waals surface area contributed by atoms with Crippen LogP contribution in [0.3, 0.4) is 0 Å². The van der Waals surface area contributed by atoms with Crippen LogP contribution in [0.2, 0.25) is 0 Å². The van der Waals surface area contributed by atoms with Gasteiger partial charge in [-0.05, 0) is 51.9 Å². The Morgan fingerprint density at radius 1 is 1.30 bits per heavy atom. The molecule has 1 aliphatic heterocycles. The van der Waals surface area contributed by atoms with E-state index in [0.717, 1.165) is 44.9 Å². The van der Waals surface area contributed by atoms with Gasteiger partial charge >= 0.3 is 0 Å². The van der Waals surface area contributed by atoms with Crippen molar-refractivity contribution in [2.45, 2.75) is 82.8 Å². The Balaban J connectivity index is 2.01. The minimum Gasteiger partial charge on any atom is -0.340 e. The summed E-state index contributed by atoms with van der Waals surface area (Å²) >= 11 is 0. The second-order valence-electron chi connectivity index (χ2n) is 7.10. The van der Waals surface area contributed by atoms with E-state index in [4.69, 9.17) is 0 Å². The van der Waals surface area contributed by atoms with Crippen molar-refractivity contribution in [3.8, 4) is 0 Å². The minimum absolute atomic E-state index is 0.101. The Hall–Kier alpha value is -1.06. The normalized spacial score (nSPS) is 34.5. The Kier molecular flexibility index (Phi) is 3.11. The molecular weight excluding hydrogens is 252 g/mol. The molecule has 1 heterocycles. The van der Waals surface area contributed by atoms with Gasteiger partial charge < -0.3 is 10.2 Å². The zero-order valence-corrected chi connectivity index (χ0v) is 12.9. The second kappa shape index (κ2) is 4.47. The maximum atomic E-state index is 13.1. The van der Waals surface area contributed by atoms with E-state index in [1.165, 1.54) is 0 Å². The summed E-state index contributed by atoms with van der Waals surface area (Å²) < 4.78 is 0. The summed E-state index contributed by atoms with van der Waals surface area (Å²) in [5.41, 5.74) is -1.21. The van der Waals surface area contributed by atoms with Gasteiger partial charge in [0.05, 0.1) is 0 Å². The van der Waals surface area contributed by atoms with Crippen molar-refractivity contribution in [1.29, 1.82) is 0 Å². The summed E-state index contributed by atoms with van der Waals surface area (Å²) in [4.78, 5) is 28.0. The molecule has 112 valence electrons. The van der Waals surface area contributed by atoms with E-state index in [0.29, 0.717) is 5.92 Å². The van der Waals surface area contributed by atoms with Crippen molar-refractivity contribution < 1.29 is 9.59 Å². The lowest BCUT2D eigenvalue weighted by molar-refractivity contribution is -0.166. The molecule has 3 rings (SSSR count). The van der Waals surface area contributed by atoms with Crippen molar-refractivity contribution in [2.75, 3.05) is 0 Å². The monoisotopic (exact) mass is 278 g/mol.